The van der Waals surface area contributed by atoms with Crippen LogP contribution in [0.5, 0.6) is 0 Å². The molecule has 3 nitrogen and oxygen atoms in total. The Bertz CT molecular complexity index is 789. The minimum absolute atomic E-state index is 0.243. The van der Waals surface area contributed by atoms with Gasteiger partial charge in [-0.2, -0.15) is 13.2 Å². The summed E-state index contributed by atoms with van der Waals surface area (Å²) in [5.74, 6) is -5.60. The van der Waals surface area contributed by atoms with Gasteiger partial charge in [0.15, 0.2) is 22.5 Å². The third-order valence-electron chi connectivity index (χ3n) is 2.71. The Kier molecular flexibility index (Phi) is 4.89. The lowest BCUT2D eigenvalue weighted by Crippen LogP contribution is -2.16. The van der Waals surface area contributed by atoms with Crippen LogP contribution in [0, 0.1) is 27.3 Å². The first-order chi connectivity index (χ1) is 10.5. The van der Waals surface area contributed by atoms with Crippen LogP contribution in [0.1, 0.15) is 21.6 Å². The molecule has 0 saturated carbocycles. The molecule has 0 atom stereocenters. The van der Waals surface area contributed by atoms with E-state index in [-0.39, 0.29) is 2.88 Å². The molecule has 0 unspecified atom stereocenters. The van der Waals surface area contributed by atoms with Gasteiger partial charge in [-0.1, -0.05) is 11.3 Å². The predicted molar refractivity (Wildman–Crippen MR) is 78.8 cm³/mol. The smallest absolute Gasteiger partial charge is 0.298 e. The molecular weight excluding hydrogens is 461 g/mol. The highest BCUT2D eigenvalue weighted by atomic mass is 127. The monoisotopic (exact) mass is 466 g/mol. The molecular formula is C12H5F6IN2OS. The highest BCUT2D eigenvalue weighted by Crippen LogP contribution is 2.37. The normalized spacial score (nSPS) is 11.7. The van der Waals surface area contributed by atoms with Crippen molar-refractivity contribution in [1.82, 2.24) is 4.98 Å². The molecule has 1 heterocycles. The molecule has 0 saturated heterocycles. The maximum absolute atomic E-state index is 13.7. The number of nitrogens with zero attached hydrogens (tertiary/aromatic N) is 1. The molecule has 0 aliphatic heterocycles. The Hall–Kier alpha value is -1.37. The van der Waals surface area contributed by atoms with Crippen LogP contribution >= 0.6 is 33.9 Å². The highest BCUT2D eigenvalue weighted by Gasteiger charge is 2.37. The van der Waals surface area contributed by atoms with Crippen molar-refractivity contribution in [2.45, 2.75) is 13.1 Å². The van der Waals surface area contributed by atoms with Crippen molar-refractivity contribution in [2.75, 3.05) is 5.32 Å². The van der Waals surface area contributed by atoms with E-state index in [1.165, 1.54) is 22.6 Å². The SMILES string of the molecule is Cc1c(F)cc(C(=O)Nc2nc(C(F)(F)F)c(I)s2)c(F)c1F. The summed E-state index contributed by atoms with van der Waals surface area (Å²) in [5, 5.41) is 1.43. The average Bonchev–Trinajstić information content (AvgIpc) is 2.81. The summed E-state index contributed by atoms with van der Waals surface area (Å²) in [6, 6.07) is 0.465. The second kappa shape index (κ2) is 6.26. The maximum atomic E-state index is 13.7. The van der Waals surface area contributed by atoms with Crippen molar-refractivity contribution < 1.29 is 31.1 Å². The third kappa shape index (κ3) is 3.59. The van der Waals surface area contributed by atoms with Gasteiger partial charge in [0.1, 0.15) is 5.82 Å². The number of alkyl halides is 3. The van der Waals surface area contributed by atoms with Gasteiger partial charge in [0, 0.05) is 5.56 Å². The number of nitrogens with one attached hydrogen (secondary N) is 1. The summed E-state index contributed by atoms with van der Waals surface area (Å²) >= 11 is 1.88. The maximum Gasteiger partial charge on any atom is 0.435 e. The van der Waals surface area contributed by atoms with Crippen LogP contribution in [-0.2, 0) is 6.18 Å². The fraction of sp³-hybridized carbons (Fsp3) is 0.167. The Morgan fingerprint density at radius 2 is 1.87 bits per heavy atom. The number of aromatic nitrogens is 1. The second-order valence-corrected chi connectivity index (χ2v) is 7.06. The molecule has 0 spiro atoms. The number of amides is 1. The van der Waals surface area contributed by atoms with Crippen LogP contribution in [-0.4, -0.2) is 10.9 Å². The molecule has 0 aliphatic carbocycles. The van der Waals surface area contributed by atoms with Gasteiger partial charge in [-0.25, -0.2) is 18.2 Å². The molecule has 1 N–H and O–H groups in total. The molecule has 2 rings (SSSR count). The van der Waals surface area contributed by atoms with E-state index < -0.39 is 51.5 Å². The van der Waals surface area contributed by atoms with Gasteiger partial charge in [0.05, 0.1) is 8.45 Å². The summed E-state index contributed by atoms with van der Waals surface area (Å²) in [4.78, 5) is 15.0. The summed E-state index contributed by atoms with van der Waals surface area (Å²) in [5.41, 5.74) is -2.79. The van der Waals surface area contributed by atoms with Crippen LogP contribution in [0.15, 0.2) is 6.07 Å². The zero-order valence-corrected chi connectivity index (χ0v) is 14.0. The summed E-state index contributed by atoms with van der Waals surface area (Å²) < 4.78 is 78.0. The minimum atomic E-state index is -4.72. The quantitative estimate of drug-likeness (QED) is 0.395. The Balaban J connectivity index is 2.34. The Labute approximate surface area is 142 Å². The zero-order chi connectivity index (χ0) is 17.5. The summed E-state index contributed by atoms with van der Waals surface area (Å²) in [6.45, 7) is 0.980. The lowest BCUT2D eigenvalue weighted by Gasteiger charge is -2.07. The molecule has 0 bridgehead atoms. The first-order valence-electron chi connectivity index (χ1n) is 5.71. The van der Waals surface area contributed by atoms with Crippen molar-refractivity contribution in [3.8, 4) is 0 Å². The summed E-state index contributed by atoms with van der Waals surface area (Å²) in [6.07, 6.45) is -4.72. The van der Waals surface area contributed by atoms with E-state index in [9.17, 15) is 31.1 Å². The lowest BCUT2D eigenvalue weighted by atomic mass is 10.1. The fourth-order valence-electron chi connectivity index (χ4n) is 1.55. The Morgan fingerprint density at radius 1 is 1.26 bits per heavy atom. The predicted octanol–water partition coefficient (Wildman–Crippen LogP) is 4.74. The highest BCUT2D eigenvalue weighted by molar-refractivity contribution is 14.1. The molecule has 23 heavy (non-hydrogen) atoms. The first kappa shape index (κ1) is 18.0. The van der Waals surface area contributed by atoms with E-state index in [0.29, 0.717) is 17.4 Å². The number of thiazole rings is 1. The number of carbonyl (C=O) groups excluding carboxylic acids is 1. The number of benzene rings is 1. The number of halogens is 7. The van der Waals surface area contributed by atoms with Gasteiger partial charge in [0.25, 0.3) is 5.91 Å². The van der Waals surface area contributed by atoms with Crippen LogP contribution < -0.4 is 5.32 Å². The molecule has 124 valence electrons. The van der Waals surface area contributed by atoms with E-state index >= 15 is 0 Å². The van der Waals surface area contributed by atoms with Crippen LogP contribution in [0.3, 0.4) is 0 Å². The Morgan fingerprint density at radius 3 is 2.39 bits per heavy atom. The van der Waals surface area contributed by atoms with Gasteiger partial charge in [-0.05, 0) is 35.6 Å². The van der Waals surface area contributed by atoms with Gasteiger partial charge >= 0.3 is 6.18 Å². The number of carbonyl (C=O) groups is 1. The molecule has 11 heteroatoms. The first-order valence-corrected chi connectivity index (χ1v) is 7.61. The van der Waals surface area contributed by atoms with Gasteiger partial charge in [0.2, 0.25) is 0 Å². The molecule has 0 fully saturated rings. The van der Waals surface area contributed by atoms with Gasteiger partial charge in [-0.15, -0.1) is 0 Å². The number of rotatable bonds is 2. The largest absolute Gasteiger partial charge is 0.435 e. The second-order valence-electron chi connectivity index (χ2n) is 4.25. The molecule has 1 aromatic heterocycles. The van der Waals surface area contributed by atoms with E-state index in [0.717, 1.165) is 6.92 Å². The number of hydrogen-bond donors (Lipinski definition) is 1. The topological polar surface area (TPSA) is 42.0 Å². The molecule has 1 amide bonds. The van der Waals surface area contributed by atoms with Crippen LogP contribution in [0.25, 0.3) is 0 Å². The van der Waals surface area contributed by atoms with Gasteiger partial charge in [-0.3, -0.25) is 10.1 Å². The summed E-state index contributed by atoms with van der Waals surface area (Å²) in [7, 11) is 0. The van der Waals surface area contributed by atoms with E-state index in [4.69, 9.17) is 0 Å². The van der Waals surface area contributed by atoms with Gasteiger partial charge < -0.3 is 0 Å². The van der Waals surface area contributed by atoms with Crippen molar-refractivity contribution >= 4 is 45.0 Å². The molecule has 0 radical (unpaired) electrons. The van der Waals surface area contributed by atoms with Crippen molar-refractivity contribution in [1.29, 1.82) is 0 Å². The molecule has 0 aliphatic rings. The van der Waals surface area contributed by atoms with E-state index in [1.54, 1.807) is 0 Å². The van der Waals surface area contributed by atoms with E-state index in [1.807, 2.05) is 5.32 Å². The minimum Gasteiger partial charge on any atom is -0.298 e. The van der Waals surface area contributed by atoms with Crippen LogP contribution in [0.2, 0.25) is 0 Å². The zero-order valence-electron chi connectivity index (χ0n) is 11.0. The standard InChI is InChI=1S/C12H5F6IN2OS/c1-3-5(13)2-4(7(15)6(3)14)10(22)21-11-20-8(9(19)23-11)12(16,17)18/h2H,1H3,(H,20,21,22). The van der Waals surface area contributed by atoms with Crippen LogP contribution in [0.4, 0.5) is 31.5 Å². The number of anilines is 1. The van der Waals surface area contributed by atoms with Crippen molar-refractivity contribution in [3.05, 3.63) is 43.2 Å². The third-order valence-corrected chi connectivity index (χ3v) is 4.64. The molecule has 1 aromatic carbocycles. The lowest BCUT2D eigenvalue weighted by molar-refractivity contribution is -0.141. The van der Waals surface area contributed by atoms with E-state index in [2.05, 4.69) is 4.98 Å². The molecule has 2 aromatic rings. The number of hydrogen-bond acceptors (Lipinski definition) is 3. The van der Waals surface area contributed by atoms with Crippen molar-refractivity contribution in [2.24, 2.45) is 0 Å². The average molecular weight is 466 g/mol. The fourth-order valence-corrected chi connectivity index (χ4v) is 3.31. The van der Waals surface area contributed by atoms with Crippen molar-refractivity contribution in [3.63, 3.8) is 0 Å².